The van der Waals surface area contributed by atoms with Crippen LogP contribution in [0, 0.1) is 0 Å². The van der Waals surface area contributed by atoms with Gasteiger partial charge in [0.15, 0.2) is 0 Å². The lowest BCUT2D eigenvalue weighted by molar-refractivity contribution is -0.139. The summed E-state index contributed by atoms with van der Waals surface area (Å²) in [7, 11) is -4.10. The maximum atomic E-state index is 11.0. The highest BCUT2D eigenvalue weighted by Crippen LogP contribution is 1.94. The highest BCUT2D eigenvalue weighted by atomic mass is 32.2. The Morgan fingerprint density at radius 3 is 2.05 bits per heavy atom. The first-order valence-electron chi connectivity index (χ1n) is 5.35. The summed E-state index contributed by atoms with van der Waals surface area (Å²) in [4.78, 5) is 30.3. The van der Waals surface area contributed by atoms with Crippen LogP contribution in [0.1, 0.15) is 19.8 Å². The number of hydrogen-bond acceptors (Lipinski definition) is 6. The average molecular weight is 314 g/mol. The Balaban J connectivity index is 0. The third-order valence-electron chi connectivity index (χ3n) is 1.68. The number of rotatable bonds is 7. The van der Waals surface area contributed by atoms with Crippen LogP contribution in [0.2, 0.25) is 0 Å². The standard InChI is InChI=1S/C7H14N2O6S.C2H4O2/c8-5(7(11)12)1-2-6(10)9-3-4-16(13,14)15;1-2(3)4/h5H,1-4,8H2,(H,9,10)(H,11,12)(H,13,14,15);1H3,(H,3,4)/t5-;/m0./s1. The monoisotopic (exact) mass is 314 g/mol. The summed E-state index contributed by atoms with van der Waals surface area (Å²) in [6, 6.07) is -1.12. The van der Waals surface area contributed by atoms with Crippen LogP contribution in [0.25, 0.3) is 0 Å². The summed E-state index contributed by atoms with van der Waals surface area (Å²) in [6.45, 7) is 0.861. The first-order chi connectivity index (χ1) is 8.95. The minimum absolute atomic E-state index is 0.0347. The van der Waals surface area contributed by atoms with Crippen LogP contribution in [0.15, 0.2) is 0 Å². The summed E-state index contributed by atoms with van der Waals surface area (Å²) in [5.74, 6) is -3.13. The molecule has 0 bridgehead atoms. The smallest absolute Gasteiger partial charge is 0.320 e. The zero-order valence-corrected chi connectivity index (χ0v) is 11.6. The Kier molecular flexibility index (Phi) is 10.4. The van der Waals surface area contributed by atoms with E-state index in [0.717, 1.165) is 6.92 Å². The van der Waals surface area contributed by atoms with Gasteiger partial charge in [0, 0.05) is 19.9 Å². The molecule has 0 fully saturated rings. The number of carbonyl (C=O) groups is 3. The van der Waals surface area contributed by atoms with E-state index in [1.165, 1.54) is 0 Å². The molecule has 0 saturated carbocycles. The maximum Gasteiger partial charge on any atom is 0.320 e. The van der Waals surface area contributed by atoms with E-state index >= 15 is 0 Å². The Labute approximate surface area is 115 Å². The molecule has 0 aromatic rings. The topological polar surface area (TPSA) is 184 Å². The molecule has 0 heterocycles. The summed E-state index contributed by atoms with van der Waals surface area (Å²) in [6.07, 6.45) is -0.147. The molecule has 0 aromatic carbocycles. The molecule has 0 saturated heterocycles. The first kappa shape index (κ1) is 20.6. The van der Waals surface area contributed by atoms with Crippen LogP contribution in [0.5, 0.6) is 0 Å². The molecule has 0 aromatic heterocycles. The summed E-state index contributed by atoms with van der Waals surface area (Å²) >= 11 is 0. The molecule has 0 unspecified atom stereocenters. The Hall–Kier alpha value is -1.72. The van der Waals surface area contributed by atoms with E-state index in [0.29, 0.717) is 0 Å². The Morgan fingerprint density at radius 2 is 1.70 bits per heavy atom. The van der Waals surface area contributed by atoms with E-state index in [-0.39, 0.29) is 19.4 Å². The van der Waals surface area contributed by atoms with Gasteiger partial charge in [-0.1, -0.05) is 0 Å². The number of nitrogens with one attached hydrogen (secondary N) is 1. The summed E-state index contributed by atoms with van der Waals surface area (Å²) in [5, 5.41) is 18.0. The lowest BCUT2D eigenvalue weighted by Gasteiger charge is -2.06. The van der Waals surface area contributed by atoms with Crippen molar-refractivity contribution in [3.63, 3.8) is 0 Å². The normalized spacial score (nSPS) is 11.8. The van der Waals surface area contributed by atoms with Crippen molar-refractivity contribution in [1.82, 2.24) is 5.32 Å². The van der Waals surface area contributed by atoms with Gasteiger partial charge in [-0.15, -0.1) is 0 Å². The molecular formula is C9H18N2O8S. The van der Waals surface area contributed by atoms with Crippen LogP contribution in [0.4, 0.5) is 0 Å². The molecule has 20 heavy (non-hydrogen) atoms. The molecule has 10 nitrogen and oxygen atoms in total. The number of carbonyl (C=O) groups excluding carboxylic acids is 1. The van der Waals surface area contributed by atoms with Gasteiger partial charge >= 0.3 is 5.97 Å². The molecule has 0 aliphatic carbocycles. The van der Waals surface area contributed by atoms with E-state index in [2.05, 4.69) is 5.32 Å². The molecule has 0 spiro atoms. The third-order valence-corrected chi connectivity index (χ3v) is 2.40. The van der Waals surface area contributed by atoms with E-state index < -0.39 is 39.8 Å². The van der Waals surface area contributed by atoms with Crippen molar-refractivity contribution in [3.8, 4) is 0 Å². The van der Waals surface area contributed by atoms with Crippen LogP contribution in [-0.2, 0) is 24.5 Å². The quantitative estimate of drug-likeness (QED) is 0.341. The molecule has 1 atom stereocenters. The van der Waals surface area contributed by atoms with Crippen LogP contribution in [-0.4, -0.2) is 59.4 Å². The predicted octanol–water partition coefficient (Wildman–Crippen LogP) is -1.73. The van der Waals surface area contributed by atoms with Crippen molar-refractivity contribution >= 4 is 28.0 Å². The molecule has 0 aliphatic heterocycles. The zero-order chi connectivity index (χ0) is 16.3. The largest absolute Gasteiger partial charge is 0.481 e. The third kappa shape index (κ3) is 18.6. The van der Waals surface area contributed by atoms with E-state index in [1.54, 1.807) is 0 Å². The lowest BCUT2D eigenvalue weighted by atomic mass is 10.1. The molecule has 0 aliphatic rings. The fourth-order valence-corrected chi connectivity index (χ4v) is 1.18. The van der Waals surface area contributed by atoms with Crippen molar-refractivity contribution in [2.75, 3.05) is 12.3 Å². The molecule has 11 heteroatoms. The first-order valence-corrected chi connectivity index (χ1v) is 6.96. The van der Waals surface area contributed by atoms with Crippen molar-refractivity contribution in [2.24, 2.45) is 5.73 Å². The highest BCUT2D eigenvalue weighted by molar-refractivity contribution is 7.85. The molecule has 118 valence electrons. The predicted molar refractivity (Wildman–Crippen MR) is 67.6 cm³/mol. The number of aliphatic carboxylic acids is 2. The SMILES string of the molecule is CC(=O)O.N[C@@H](CCC(=O)NCCS(=O)(=O)O)C(=O)O. The molecule has 1 amide bonds. The van der Waals surface area contributed by atoms with Gasteiger partial charge in [-0.25, -0.2) is 0 Å². The second kappa shape index (κ2) is 10.1. The summed E-state index contributed by atoms with van der Waals surface area (Å²) < 4.78 is 28.9. The fourth-order valence-electron chi connectivity index (χ4n) is 0.818. The van der Waals surface area contributed by atoms with Gasteiger partial charge in [0.25, 0.3) is 16.1 Å². The van der Waals surface area contributed by atoms with E-state index in [1.807, 2.05) is 0 Å². The Bertz CT molecular complexity index is 429. The van der Waals surface area contributed by atoms with Gasteiger partial charge in [-0.05, 0) is 6.42 Å². The lowest BCUT2D eigenvalue weighted by Crippen LogP contribution is -2.34. The second-order valence-corrected chi connectivity index (χ2v) is 5.21. The minimum atomic E-state index is -4.10. The van der Waals surface area contributed by atoms with Crippen molar-refractivity contribution in [3.05, 3.63) is 0 Å². The minimum Gasteiger partial charge on any atom is -0.481 e. The highest BCUT2D eigenvalue weighted by Gasteiger charge is 2.13. The zero-order valence-electron chi connectivity index (χ0n) is 10.8. The van der Waals surface area contributed by atoms with Gasteiger partial charge in [0.05, 0.1) is 5.75 Å². The molecule has 0 radical (unpaired) electrons. The van der Waals surface area contributed by atoms with Crippen molar-refractivity contribution in [2.45, 2.75) is 25.8 Å². The summed E-state index contributed by atoms with van der Waals surface area (Å²) in [5.41, 5.74) is 5.15. The van der Waals surface area contributed by atoms with E-state index in [9.17, 15) is 18.0 Å². The average Bonchev–Trinajstić information content (AvgIpc) is 2.23. The van der Waals surface area contributed by atoms with Gasteiger partial charge < -0.3 is 21.3 Å². The Morgan fingerprint density at radius 1 is 1.25 bits per heavy atom. The van der Waals surface area contributed by atoms with Crippen LogP contribution in [0.3, 0.4) is 0 Å². The molecule has 6 N–H and O–H groups in total. The van der Waals surface area contributed by atoms with E-state index in [4.69, 9.17) is 25.3 Å². The van der Waals surface area contributed by atoms with Gasteiger partial charge in [-0.3, -0.25) is 18.9 Å². The number of nitrogens with two attached hydrogens (primary N) is 1. The van der Waals surface area contributed by atoms with Crippen LogP contribution < -0.4 is 11.1 Å². The number of carboxylic acid groups (broad SMARTS) is 2. The van der Waals surface area contributed by atoms with Crippen LogP contribution >= 0.6 is 0 Å². The van der Waals surface area contributed by atoms with Crippen molar-refractivity contribution in [1.29, 1.82) is 0 Å². The fraction of sp³-hybridized carbons (Fsp3) is 0.667. The molecular weight excluding hydrogens is 296 g/mol. The number of amides is 1. The maximum absolute atomic E-state index is 11.0. The molecule has 0 rings (SSSR count). The van der Waals surface area contributed by atoms with Gasteiger partial charge in [-0.2, -0.15) is 8.42 Å². The second-order valence-electron chi connectivity index (χ2n) is 3.64. The van der Waals surface area contributed by atoms with Crippen molar-refractivity contribution < 1.29 is 37.6 Å². The number of carboxylic acids is 2. The van der Waals surface area contributed by atoms with Gasteiger partial charge in [0.2, 0.25) is 5.91 Å². The van der Waals surface area contributed by atoms with Gasteiger partial charge in [0.1, 0.15) is 6.04 Å². The number of hydrogen-bond donors (Lipinski definition) is 5.